The van der Waals surface area contributed by atoms with Crippen LogP contribution in [-0.2, 0) is 14.2 Å². The number of aromatic hydroxyl groups is 1. The average molecular weight is 537 g/mol. The normalized spacial score (nSPS) is 20.1. The van der Waals surface area contributed by atoms with Crippen LogP contribution in [0.25, 0.3) is 11.6 Å². The maximum Gasteiger partial charge on any atom is 0.347 e. The zero-order valence-electron chi connectivity index (χ0n) is 21.8. The number of pyridine rings is 1. The standard InChI is InChI=1S/C28H32N4O7/c1-18-15-20(37-13-9-32-7-11-36-12-8-32)4-5-22(18)31-27-24(28(35)38-14-10-33)25(34)23(39-27)16-19-17-30-26-21(19)3-2-6-29-26/h2-3,5-6,15-17,20,31,33-34H,4,7-14H2,1H3. The number of nitrogens with one attached hydrogen (secondary N) is 1. The number of nitrogens with zero attached hydrogens (tertiary/aromatic N) is 3. The highest BCUT2D eigenvalue weighted by Gasteiger charge is 2.28. The summed E-state index contributed by atoms with van der Waals surface area (Å²) in [5, 5.41) is 23.2. The van der Waals surface area contributed by atoms with Gasteiger partial charge < -0.3 is 34.2 Å². The van der Waals surface area contributed by atoms with Crippen LogP contribution in [0.4, 0.5) is 11.7 Å². The Hall–Kier alpha value is -3.77. The Morgan fingerprint density at radius 2 is 2.15 bits per heavy atom. The number of hydrogen-bond acceptors (Lipinski definition) is 11. The summed E-state index contributed by atoms with van der Waals surface area (Å²) in [5.41, 5.74) is 2.93. The number of carbonyl (C=O) groups excluding carboxylic acids is 1. The summed E-state index contributed by atoms with van der Waals surface area (Å²) in [6.45, 7) is 6.22. The van der Waals surface area contributed by atoms with Crippen LogP contribution < -0.4 is 5.32 Å². The Labute approximate surface area is 226 Å². The van der Waals surface area contributed by atoms with Crippen molar-refractivity contribution in [3.8, 4) is 5.75 Å². The van der Waals surface area contributed by atoms with E-state index in [2.05, 4.69) is 20.2 Å². The van der Waals surface area contributed by atoms with Crippen LogP contribution in [0.1, 0.15) is 35.0 Å². The van der Waals surface area contributed by atoms with Crippen LogP contribution in [0.3, 0.4) is 0 Å². The van der Waals surface area contributed by atoms with Gasteiger partial charge in [0.25, 0.3) is 0 Å². The molecule has 2 aliphatic heterocycles. The van der Waals surface area contributed by atoms with Crippen molar-refractivity contribution in [2.45, 2.75) is 19.4 Å². The van der Waals surface area contributed by atoms with Gasteiger partial charge in [0.2, 0.25) is 5.88 Å². The van der Waals surface area contributed by atoms with Crippen molar-refractivity contribution in [1.29, 1.82) is 0 Å². The second-order valence-corrected chi connectivity index (χ2v) is 9.30. The summed E-state index contributed by atoms with van der Waals surface area (Å²) in [7, 11) is 0. The van der Waals surface area contributed by atoms with Crippen molar-refractivity contribution in [2.24, 2.45) is 4.99 Å². The molecule has 0 aromatic carbocycles. The van der Waals surface area contributed by atoms with Crippen LogP contribution in [0, 0.1) is 0 Å². The highest BCUT2D eigenvalue weighted by molar-refractivity contribution is 6.21. The maximum absolute atomic E-state index is 12.8. The van der Waals surface area contributed by atoms with Gasteiger partial charge in [0.1, 0.15) is 6.61 Å². The highest BCUT2D eigenvalue weighted by atomic mass is 16.5. The molecule has 0 spiro atoms. The molecule has 0 saturated carbocycles. The molecule has 2 aromatic rings. The molecule has 1 fully saturated rings. The summed E-state index contributed by atoms with van der Waals surface area (Å²) >= 11 is 0. The molecule has 1 aliphatic carbocycles. The number of aliphatic hydroxyl groups is 1. The first-order chi connectivity index (χ1) is 19.0. The molecule has 2 aromatic heterocycles. The van der Waals surface area contributed by atoms with E-state index in [0.717, 1.165) is 49.7 Å². The molecule has 3 aliphatic rings. The summed E-state index contributed by atoms with van der Waals surface area (Å²) < 4.78 is 22.5. The number of rotatable bonds is 10. The Morgan fingerprint density at radius 1 is 1.31 bits per heavy atom. The van der Waals surface area contributed by atoms with E-state index in [0.29, 0.717) is 24.4 Å². The molecule has 1 unspecified atom stereocenters. The van der Waals surface area contributed by atoms with E-state index in [4.69, 9.17) is 23.7 Å². The maximum atomic E-state index is 12.8. The number of morpholine rings is 1. The molecule has 3 N–H and O–H groups in total. The van der Waals surface area contributed by atoms with Crippen molar-refractivity contribution in [3.05, 3.63) is 58.6 Å². The van der Waals surface area contributed by atoms with E-state index in [-0.39, 0.29) is 42.3 Å². The number of furan rings is 1. The number of esters is 1. The zero-order chi connectivity index (χ0) is 27.2. The van der Waals surface area contributed by atoms with E-state index >= 15 is 0 Å². The number of aliphatic imine (C=N–C) groups is 1. The Bertz CT molecular complexity index is 1320. The fraction of sp³-hybridized carbons (Fsp3) is 0.393. The number of ether oxygens (including phenoxy) is 3. The van der Waals surface area contributed by atoms with Crippen molar-refractivity contribution >= 4 is 35.5 Å². The third kappa shape index (κ3) is 6.28. The van der Waals surface area contributed by atoms with Gasteiger partial charge in [0.15, 0.2) is 22.9 Å². The molecule has 39 heavy (non-hydrogen) atoms. The molecule has 11 heteroatoms. The van der Waals surface area contributed by atoms with Gasteiger partial charge in [-0.05, 0) is 37.1 Å². The lowest BCUT2D eigenvalue weighted by molar-refractivity contribution is 0.0115. The second-order valence-electron chi connectivity index (χ2n) is 9.30. The first kappa shape index (κ1) is 26.8. The molecular formula is C28H32N4O7. The van der Waals surface area contributed by atoms with E-state index in [1.165, 1.54) is 0 Å². The molecule has 0 amide bonds. The number of aromatic nitrogens is 1. The molecule has 1 atom stereocenters. The lowest BCUT2D eigenvalue weighted by Crippen LogP contribution is -2.38. The Morgan fingerprint density at radius 3 is 2.95 bits per heavy atom. The number of anilines is 1. The van der Waals surface area contributed by atoms with Crippen molar-refractivity contribution in [3.63, 3.8) is 0 Å². The molecule has 1 saturated heterocycles. The number of fused-ring (bicyclic) bond motifs is 1. The van der Waals surface area contributed by atoms with Crippen LogP contribution in [0.5, 0.6) is 5.75 Å². The first-order valence-corrected chi connectivity index (χ1v) is 13.0. The molecule has 5 rings (SSSR count). The summed E-state index contributed by atoms with van der Waals surface area (Å²) in [6, 6.07) is 3.65. The van der Waals surface area contributed by atoms with E-state index in [1.54, 1.807) is 24.6 Å². The van der Waals surface area contributed by atoms with Gasteiger partial charge in [0, 0.05) is 48.9 Å². The molecule has 0 radical (unpaired) electrons. The van der Waals surface area contributed by atoms with Gasteiger partial charge in [-0.2, -0.15) is 0 Å². The van der Waals surface area contributed by atoms with Gasteiger partial charge in [-0.25, -0.2) is 14.8 Å². The number of hydrogen-bond donors (Lipinski definition) is 3. The van der Waals surface area contributed by atoms with Crippen molar-refractivity contribution < 1.29 is 33.6 Å². The topological polar surface area (TPSA) is 139 Å². The smallest absolute Gasteiger partial charge is 0.347 e. The number of aliphatic hydroxyl groups excluding tert-OH is 1. The fourth-order valence-corrected chi connectivity index (χ4v) is 4.59. The van der Waals surface area contributed by atoms with Crippen LogP contribution in [-0.4, -0.2) is 91.1 Å². The lowest BCUT2D eigenvalue weighted by Gasteiger charge is -2.27. The molecule has 11 nitrogen and oxygen atoms in total. The van der Waals surface area contributed by atoms with Gasteiger partial charge in [-0.3, -0.25) is 4.90 Å². The monoisotopic (exact) mass is 536 g/mol. The van der Waals surface area contributed by atoms with Gasteiger partial charge in [-0.1, -0.05) is 12.2 Å². The third-order valence-electron chi connectivity index (χ3n) is 6.65. The van der Waals surface area contributed by atoms with Gasteiger partial charge in [0.05, 0.1) is 32.5 Å². The third-order valence-corrected chi connectivity index (χ3v) is 6.65. The summed E-state index contributed by atoms with van der Waals surface area (Å²) in [6.07, 6.45) is 9.43. The van der Waals surface area contributed by atoms with Crippen LogP contribution >= 0.6 is 0 Å². The Balaban J connectivity index is 1.31. The summed E-state index contributed by atoms with van der Waals surface area (Å²) in [5.74, 6) is -0.531. The average Bonchev–Trinajstić information content (AvgIpc) is 3.50. The van der Waals surface area contributed by atoms with E-state index in [9.17, 15) is 9.90 Å². The van der Waals surface area contributed by atoms with E-state index < -0.39 is 5.97 Å². The van der Waals surface area contributed by atoms with Crippen LogP contribution in [0.15, 0.2) is 51.2 Å². The van der Waals surface area contributed by atoms with Crippen molar-refractivity contribution in [2.75, 3.05) is 58.0 Å². The fourth-order valence-electron chi connectivity index (χ4n) is 4.59. The minimum atomic E-state index is -0.818. The number of carbonyl (C=O) groups is 1. The molecule has 206 valence electrons. The van der Waals surface area contributed by atoms with Gasteiger partial charge in [-0.15, -0.1) is 0 Å². The first-order valence-electron chi connectivity index (χ1n) is 13.0. The lowest BCUT2D eigenvalue weighted by atomic mass is 10.0. The molecular weight excluding hydrogens is 504 g/mol. The number of allylic oxidation sites excluding steroid dienone is 2. The largest absolute Gasteiger partial charge is 0.504 e. The molecule has 4 heterocycles. The highest BCUT2D eigenvalue weighted by Crippen LogP contribution is 2.39. The minimum Gasteiger partial charge on any atom is -0.504 e. The SMILES string of the molecule is CC1=CC(OCCN2CCOCC2)CC=C1Nc1oc(C=C2C=Nc3ncccc32)c(O)c1C(=O)OCCO. The minimum absolute atomic E-state index is 0.0364. The Kier molecular flexibility index (Phi) is 8.52. The molecule has 0 bridgehead atoms. The zero-order valence-corrected chi connectivity index (χ0v) is 21.8. The quantitative estimate of drug-likeness (QED) is 0.388. The predicted molar refractivity (Wildman–Crippen MR) is 145 cm³/mol. The van der Waals surface area contributed by atoms with Crippen LogP contribution in [0.2, 0.25) is 0 Å². The second kappa shape index (κ2) is 12.4. The predicted octanol–water partition coefficient (Wildman–Crippen LogP) is 3.15. The summed E-state index contributed by atoms with van der Waals surface area (Å²) in [4.78, 5) is 23.6. The van der Waals surface area contributed by atoms with Gasteiger partial charge >= 0.3 is 5.97 Å². The van der Waals surface area contributed by atoms with Crippen molar-refractivity contribution in [1.82, 2.24) is 9.88 Å². The van der Waals surface area contributed by atoms with E-state index in [1.807, 2.05) is 25.1 Å².